The SMILES string of the molecule is O=Nc1[nH]ccc1[O-]. The van der Waals surface area contributed by atoms with Crippen LogP contribution in [0.15, 0.2) is 17.4 Å². The summed E-state index contributed by atoms with van der Waals surface area (Å²) in [4.78, 5) is 12.0. The van der Waals surface area contributed by atoms with Gasteiger partial charge in [0.05, 0.1) is 0 Å². The van der Waals surface area contributed by atoms with Gasteiger partial charge in [-0.05, 0) is 5.18 Å². The molecule has 1 rings (SSSR count). The summed E-state index contributed by atoms with van der Waals surface area (Å²) in [6, 6.07) is 1.25. The van der Waals surface area contributed by atoms with Crippen molar-refractivity contribution in [2.45, 2.75) is 0 Å². The average Bonchev–Trinajstić information content (AvgIpc) is 2.14. The summed E-state index contributed by atoms with van der Waals surface area (Å²) in [7, 11) is 0. The average molecular weight is 111 g/mol. The van der Waals surface area contributed by atoms with Crippen molar-refractivity contribution in [1.82, 2.24) is 4.98 Å². The van der Waals surface area contributed by atoms with Gasteiger partial charge in [-0.3, -0.25) is 0 Å². The first-order valence-electron chi connectivity index (χ1n) is 2.02. The van der Waals surface area contributed by atoms with E-state index < -0.39 is 0 Å². The third-order valence-corrected chi connectivity index (χ3v) is 0.779. The van der Waals surface area contributed by atoms with E-state index in [1.54, 1.807) is 0 Å². The topological polar surface area (TPSA) is 68.3 Å². The van der Waals surface area contributed by atoms with E-state index in [1.165, 1.54) is 12.3 Å². The Hall–Kier alpha value is -1.32. The second-order valence-corrected chi connectivity index (χ2v) is 1.28. The van der Waals surface area contributed by atoms with Crippen molar-refractivity contribution in [2.24, 2.45) is 5.18 Å². The summed E-state index contributed by atoms with van der Waals surface area (Å²) in [5.74, 6) is -0.495. The van der Waals surface area contributed by atoms with Crippen LogP contribution in [0.4, 0.5) is 5.82 Å². The van der Waals surface area contributed by atoms with E-state index in [0.717, 1.165) is 0 Å². The molecule has 1 N–H and O–H groups in total. The number of aromatic nitrogens is 1. The van der Waals surface area contributed by atoms with E-state index >= 15 is 0 Å². The molecule has 1 aromatic heterocycles. The molecule has 0 atom stereocenters. The molecule has 0 bridgehead atoms. The van der Waals surface area contributed by atoms with Crippen molar-refractivity contribution in [3.63, 3.8) is 0 Å². The van der Waals surface area contributed by atoms with Crippen molar-refractivity contribution in [1.29, 1.82) is 0 Å². The molecule has 0 aliphatic heterocycles. The van der Waals surface area contributed by atoms with Gasteiger partial charge in [0.25, 0.3) is 0 Å². The summed E-state index contributed by atoms with van der Waals surface area (Å²) < 4.78 is 0. The minimum Gasteiger partial charge on any atom is -0.870 e. The number of nitroso groups, excluding NO2 is 1. The third kappa shape index (κ3) is 0.556. The highest BCUT2D eigenvalue weighted by Gasteiger charge is 1.88. The predicted molar refractivity (Wildman–Crippen MR) is 25.7 cm³/mol. The van der Waals surface area contributed by atoms with E-state index in [1.807, 2.05) is 0 Å². The normalized spacial score (nSPS) is 9.00. The van der Waals surface area contributed by atoms with Crippen molar-refractivity contribution >= 4 is 5.82 Å². The van der Waals surface area contributed by atoms with Crippen LogP contribution in [0.1, 0.15) is 0 Å². The lowest BCUT2D eigenvalue weighted by molar-refractivity contribution is -0.267. The van der Waals surface area contributed by atoms with Crippen LogP contribution in [0, 0.1) is 4.91 Å². The zero-order valence-electron chi connectivity index (χ0n) is 3.92. The molecule has 0 saturated heterocycles. The molecule has 1 heterocycles. The monoisotopic (exact) mass is 111 g/mol. The van der Waals surface area contributed by atoms with Gasteiger partial charge in [0.15, 0.2) is 5.82 Å². The first kappa shape index (κ1) is 4.83. The van der Waals surface area contributed by atoms with Crippen LogP contribution in [0.25, 0.3) is 0 Å². The largest absolute Gasteiger partial charge is 0.870 e. The maximum atomic E-state index is 10.3. The molecule has 0 amide bonds. The number of aromatic amines is 1. The minimum absolute atomic E-state index is 0.134. The molecule has 0 radical (unpaired) electrons. The quantitative estimate of drug-likeness (QED) is 0.535. The third-order valence-electron chi connectivity index (χ3n) is 0.779. The molecule has 0 unspecified atom stereocenters. The van der Waals surface area contributed by atoms with Gasteiger partial charge < -0.3 is 10.1 Å². The fraction of sp³-hybridized carbons (Fsp3) is 0. The fourth-order valence-electron chi connectivity index (χ4n) is 0.418. The van der Waals surface area contributed by atoms with Gasteiger partial charge >= 0.3 is 0 Å². The second kappa shape index (κ2) is 1.65. The van der Waals surface area contributed by atoms with Crippen LogP contribution in [0.3, 0.4) is 0 Å². The van der Waals surface area contributed by atoms with E-state index in [4.69, 9.17) is 0 Å². The van der Waals surface area contributed by atoms with Crippen LogP contribution < -0.4 is 5.11 Å². The standard InChI is InChI=1S/C4H4N2O2/c7-3-1-2-5-4(3)6-8/h1-2,5,7H/p-1. The van der Waals surface area contributed by atoms with Gasteiger partial charge in [-0.25, -0.2) is 0 Å². The van der Waals surface area contributed by atoms with E-state index in [0.29, 0.717) is 0 Å². The molecular formula is C4H3N2O2-. The molecule has 0 aliphatic carbocycles. The first-order valence-corrected chi connectivity index (χ1v) is 2.02. The van der Waals surface area contributed by atoms with Crippen molar-refractivity contribution < 1.29 is 5.11 Å². The smallest absolute Gasteiger partial charge is 0.166 e. The lowest BCUT2D eigenvalue weighted by Gasteiger charge is -1.95. The minimum atomic E-state index is -0.361. The maximum absolute atomic E-state index is 10.3. The van der Waals surface area contributed by atoms with E-state index in [-0.39, 0.29) is 11.6 Å². The molecule has 0 saturated carbocycles. The van der Waals surface area contributed by atoms with Crippen molar-refractivity contribution in [3.05, 3.63) is 17.2 Å². The van der Waals surface area contributed by atoms with Crippen molar-refractivity contribution in [2.75, 3.05) is 0 Å². The highest BCUT2D eigenvalue weighted by molar-refractivity contribution is 5.42. The maximum Gasteiger partial charge on any atom is 0.166 e. The summed E-state index contributed by atoms with van der Waals surface area (Å²) in [5, 5.41) is 12.7. The number of rotatable bonds is 1. The zero-order valence-corrected chi connectivity index (χ0v) is 3.92. The molecule has 4 nitrogen and oxygen atoms in total. The predicted octanol–water partition coefficient (Wildman–Crippen LogP) is 0.486. The number of hydrogen-bond acceptors (Lipinski definition) is 3. The summed E-state index contributed by atoms with van der Waals surface area (Å²) in [5.41, 5.74) is 0. The Morgan fingerprint density at radius 3 is 2.75 bits per heavy atom. The Bertz CT molecular complexity index is 194. The first-order chi connectivity index (χ1) is 3.84. The lowest BCUT2D eigenvalue weighted by Crippen LogP contribution is -1.84. The molecule has 1 aromatic rings. The summed E-state index contributed by atoms with van der Waals surface area (Å²) in [6.45, 7) is 0. The Kier molecular flexibility index (Phi) is 0.997. The highest BCUT2D eigenvalue weighted by atomic mass is 16.3. The molecule has 4 heteroatoms. The summed E-state index contributed by atoms with van der Waals surface area (Å²) in [6.07, 6.45) is 1.37. The Morgan fingerprint density at radius 1 is 1.75 bits per heavy atom. The Morgan fingerprint density at radius 2 is 2.50 bits per heavy atom. The molecule has 0 fully saturated rings. The molecule has 0 aliphatic rings. The van der Waals surface area contributed by atoms with Crippen LogP contribution in [-0.4, -0.2) is 4.98 Å². The van der Waals surface area contributed by atoms with Gasteiger partial charge in [0, 0.05) is 6.20 Å². The Labute approximate surface area is 45.1 Å². The molecule has 0 aromatic carbocycles. The van der Waals surface area contributed by atoms with Crippen LogP contribution in [-0.2, 0) is 0 Å². The van der Waals surface area contributed by atoms with Gasteiger partial charge in [0.1, 0.15) is 0 Å². The van der Waals surface area contributed by atoms with Crippen molar-refractivity contribution in [3.8, 4) is 5.75 Å². The van der Waals surface area contributed by atoms with E-state index in [9.17, 15) is 10.0 Å². The number of nitrogens with one attached hydrogen (secondary N) is 1. The van der Waals surface area contributed by atoms with Crippen LogP contribution in [0.2, 0.25) is 0 Å². The van der Waals surface area contributed by atoms with Crippen LogP contribution >= 0.6 is 0 Å². The molecular weight excluding hydrogens is 108 g/mol. The molecule has 8 heavy (non-hydrogen) atoms. The molecule has 42 valence electrons. The lowest BCUT2D eigenvalue weighted by atomic mass is 10.6. The highest BCUT2D eigenvalue weighted by Crippen LogP contribution is 2.18. The molecule has 0 spiro atoms. The second-order valence-electron chi connectivity index (χ2n) is 1.28. The number of H-pyrrole nitrogens is 1. The number of nitrogens with zero attached hydrogens (tertiary/aromatic N) is 1. The van der Waals surface area contributed by atoms with Crippen LogP contribution in [0.5, 0.6) is 5.75 Å². The van der Waals surface area contributed by atoms with Gasteiger partial charge in [-0.2, -0.15) is 0 Å². The Balaban J connectivity index is 3.09. The zero-order chi connectivity index (χ0) is 5.98. The van der Waals surface area contributed by atoms with E-state index in [2.05, 4.69) is 10.2 Å². The van der Waals surface area contributed by atoms with Gasteiger partial charge in [-0.15, -0.1) is 4.91 Å². The summed E-state index contributed by atoms with van der Waals surface area (Å²) >= 11 is 0. The fourth-order valence-corrected chi connectivity index (χ4v) is 0.418. The van der Waals surface area contributed by atoms with Gasteiger partial charge in [-0.1, -0.05) is 11.8 Å². The number of hydrogen-bond donors (Lipinski definition) is 1. The van der Waals surface area contributed by atoms with Gasteiger partial charge in [0.2, 0.25) is 0 Å².